The van der Waals surface area contributed by atoms with Crippen LogP contribution in [0.4, 0.5) is 0 Å². The van der Waals surface area contributed by atoms with Crippen molar-refractivity contribution in [2.24, 2.45) is 18.9 Å². The molecule has 0 aromatic carbocycles. The van der Waals surface area contributed by atoms with Crippen molar-refractivity contribution in [3.8, 4) is 0 Å². The number of nitrogens with zero attached hydrogens (tertiary/aromatic N) is 4. The molecule has 2 amide bonds. The lowest BCUT2D eigenvalue weighted by Crippen LogP contribution is -2.65. The van der Waals surface area contributed by atoms with Gasteiger partial charge in [0.1, 0.15) is 24.2 Å². The van der Waals surface area contributed by atoms with E-state index in [2.05, 4.69) is 15.4 Å². The minimum atomic E-state index is -0.444. The lowest BCUT2D eigenvalue weighted by Gasteiger charge is -2.40. The van der Waals surface area contributed by atoms with Crippen molar-refractivity contribution in [2.75, 3.05) is 0 Å². The number of hydrogen-bond acceptors (Lipinski definition) is 4. The average molecular weight is 291 g/mol. The van der Waals surface area contributed by atoms with E-state index in [1.54, 1.807) is 16.6 Å². The molecule has 2 unspecified atom stereocenters. The van der Waals surface area contributed by atoms with Crippen molar-refractivity contribution < 1.29 is 9.59 Å². The number of nitrogens with one attached hydrogen (secondary N) is 1. The van der Waals surface area contributed by atoms with Crippen LogP contribution >= 0.6 is 0 Å². The molecule has 1 N–H and O–H groups in total. The Labute approximate surface area is 123 Å². The van der Waals surface area contributed by atoms with Crippen LogP contribution in [0.5, 0.6) is 0 Å². The highest BCUT2D eigenvalue weighted by atomic mass is 16.2. The zero-order valence-electron chi connectivity index (χ0n) is 12.6. The van der Waals surface area contributed by atoms with E-state index < -0.39 is 6.04 Å². The van der Waals surface area contributed by atoms with E-state index in [1.807, 2.05) is 13.8 Å². The molecule has 7 nitrogen and oxygen atoms in total. The van der Waals surface area contributed by atoms with Crippen LogP contribution in [0.3, 0.4) is 0 Å². The highest BCUT2D eigenvalue weighted by molar-refractivity contribution is 5.97. The third-order valence-electron chi connectivity index (χ3n) is 4.30. The van der Waals surface area contributed by atoms with Crippen LogP contribution in [-0.2, 0) is 23.2 Å². The molecule has 21 heavy (non-hydrogen) atoms. The van der Waals surface area contributed by atoms with Crippen LogP contribution in [0, 0.1) is 11.8 Å². The van der Waals surface area contributed by atoms with Crippen LogP contribution < -0.4 is 5.32 Å². The number of piperazine rings is 1. The van der Waals surface area contributed by atoms with E-state index in [0.29, 0.717) is 12.4 Å². The summed E-state index contributed by atoms with van der Waals surface area (Å²) in [5.41, 5.74) is 0. The molecule has 1 aliphatic heterocycles. The largest absolute Gasteiger partial charge is 0.342 e. The second-order valence-electron chi connectivity index (χ2n) is 6.28. The minimum Gasteiger partial charge on any atom is -0.342 e. The number of hydrogen-bond donors (Lipinski definition) is 1. The molecule has 0 spiro atoms. The first-order valence-electron chi connectivity index (χ1n) is 7.42. The van der Waals surface area contributed by atoms with E-state index in [1.165, 1.54) is 6.33 Å². The van der Waals surface area contributed by atoms with Gasteiger partial charge >= 0.3 is 0 Å². The van der Waals surface area contributed by atoms with Crippen molar-refractivity contribution in [3.05, 3.63) is 12.2 Å². The molecule has 1 saturated carbocycles. The summed E-state index contributed by atoms with van der Waals surface area (Å²) in [6, 6.07) is -0.801. The van der Waals surface area contributed by atoms with Gasteiger partial charge in [-0.25, -0.2) is 4.98 Å². The molecule has 0 radical (unpaired) electrons. The third-order valence-corrected chi connectivity index (χ3v) is 4.30. The molecule has 2 atom stereocenters. The molecule has 2 aliphatic rings. The van der Waals surface area contributed by atoms with Gasteiger partial charge in [0.2, 0.25) is 11.8 Å². The number of amides is 2. The highest BCUT2D eigenvalue weighted by Crippen LogP contribution is 2.37. The van der Waals surface area contributed by atoms with Crippen LogP contribution in [-0.4, -0.2) is 43.6 Å². The third kappa shape index (κ3) is 2.52. The summed E-state index contributed by atoms with van der Waals surface area (Å²) >= 11 is 0. The van der Waals surface area contributed by atoms with Crippen LogP contribution in [0.25, 0.3) is 0 Å². The van der Waals surface area contributed by atoms with E-state index in [0.717, 1.165) is 12.8 Å². The van der Waals surface area contributed by atoms with Gasteiger partial charge in [0.25, 0.3) is 0 Å². The Kier molecular flexibility index (Phi) is 3.43. The van der Waals surface area contributed by atoms with Gasteiger partial charge in [-0.05, 0) is 24.7 Å². The Balaban J connectivity index is 1.88. The quantitative estimate of drug-likeness (QED) is 0.852. The minimum absolute atomic E-state index is 0.00972. The fourth-order valence-electron chi connectivity index (χ4n) is 2.88. The van der Waals surface area contributed by atoms with Crippen molar-refractivity contribution in [2.45, 2.75) is 45.3 Å². The molecule has 1 saturated heterocycles. The zero-order valence-corrected chi connectivity index (χ0v) is 12.6. The predicted molar refractivity (Wildman–Crippen MR) is 74.8 cm³/mol. The molecule has 1 aromatic heterocycles. The van der Waals surface area contributed by atoms with Crippen molar-refractivity contribution in [1.29, 1.82) is 0 Å². The molecule has 0 bridgehead atoms. The molecule has 2 heterocycles. The maximum Gasteiger partial charge on any atom is 0.246 e. The van der Waals surface area contributed by atoms with Crippen LogP contribution in [0.1, 0.15) is 32.5 Å². The van der Waals surface area contributed by atoms with Gasteiger partial charge in [-0.15, -0.1) is 0 Å². The Hall–Kier alpha value is -1.92. The normalized spacial score (nSPS) is 26.4. The van der Waals surface area contributed by atoms with E-state index in [-0.39, 0.29) is 29.7 Å². The maximum atomic E-state index is 12.7. The van der Waals surface area contributed by atoms with Gasteiger partial charge in [0, 0.05) is 7.05 Å². The summed E-state index contributed by atoms with van der Waals surface area (Å²) in [5, 5.41) is 6.92. The van der Waals surface area contributed by atoms with Gasteiger partial charge < -0.3 is 10.2 Å². The Morgan fingerprint density at radius 1 is 1.38 bits per heavy atom. The lowest BCUT2D eigenvalue weighted by molar-refractivity contribution is -0.152. The van der Waals surface area contributed by atoms with Gasteiger partial charge in [-0.3, -0.25) is 14.3 Å². The number of rotatable bonds is 4. The summed E-state index contributed by atoms with van der Waals surface area (Å²) in [5.74, 6) is 1.02. The standard InChI is InChI=1S/C14H21N5O2/c1-8(2)11-14(21)19(6-10-15-7-16-18(10)3)12(9-4-5-9)13(20)17-11/h7-9,11-12H,4-6H2,1-3H3,(H,17,20). The monoisotopic (exact) mass is 291 g/mol. The molecule has 7 heteroatoms. The lowest BCUT2D eigenvalue weighted by atomic mass is 9.96. The molecule has 2 fully saturated rings. The van der Waals surface area contributed by atoms with Crippen molar-refractivity contribution in [1.82, 2.24) is 25.0 Å². The number of aryl methyl sites for hydroxylation is 1. The number of carbonyl (C=O) groups excluding carboxylic acids is 2. The summed E-state index contributed by atoms with van der Waals surface area (Å²) in [6.45, 7) is 4.23. The fraction of sp³-hybridized carbons (Fsp3) is 0.714. The highest BCUT2D eigenvalue weighted by Gasteiger charge is 2.48. The molecule has 1 aromatic rings. The smallest absolute Gasteiger partial charge is 0.246 e. The van der Waals surface area contributed by atoms with Crippen LogP contribution in [0.15, 0.2) is 6.33 Å². The van der Waals surface area contributed by atoms with Crippen molar-refractivity contribution in [3.63, 3.8) is 0 Å². The van der Waals surface area contributed by atoms with Gasteiger partial charge in [-0.1, -0.05) is 13.8 Å². The predicted octanol–water partition coefficient (Wildman–Crippen LogP) is 0.0767. The molecular formula is C14H21N5O2. The first-order valence-corrected chi connectivity index (χ1v) is 7.42. The second-order valence-corrected chi connectivity index (χ2v) is 6.28. The zero-order chi connectivity index (χ0) is 15.1. The Bertz CT molecular complexity index is 563. The first-order chi connectivity index (χ1) is 9.99. The summed E-state index contributed by atoms with van der Waals surface area (Å²) in [7, 11) is 1.79. The van der Waals surface area contributed by atoms with Crippen LogP contribution in [0.2, 0.25) is 0 Å². The Morgan fingerprint density at radius 3 is 2.62 bits per heavy atom. The average Bonchev–Trinajstić information content (AvgIpc) is 3.17. The van der Waals surface area contributed by atoms with E-state index >= 15 is 0 Å². The number of aromatic nitrogens is 3. The van der Waals surface area contributed by atoms with Gasteiger partial charge in [-0.2, -0.15) is 5.10 Å². The van der Waals surface area contributed by atoms with Crippen molar-refractivity contribution >= 4 is 11.8 Å². The summed E-state index contributed by atoms with van der Waals surface area (Å²) < 4.78 is 1.65. The molecular weight excluding hydrogens is 270 g/mol. The first kappa shape index (κ1) is 14.0. The summed E-state index contributed by atoms with van der Waals surface area (Å²) in [6.07, 6.45) is 3.48. The maximum absolute atomic E-state index is 12.7. The Morgan fingerprint density at radius 2 is 2.10 bits per heavy atom. The molecule has 3 rings (SSSR count). The van der Waals surface area contributed by atoms with E-state index in [4.69, 9.17) is 0 Å². The number of carbonyl (C=O) groups is 2. The SMILES string of the molecule is CC(C)C1NC(=O)C(C2CC2)N(Cc2ncnn2C)C1=O. The van der Waals surface area contributed by atoms with Gasteiger partial charge in [0.15, 0.2) is 0 Å². The molecule has 114 valence electrons. The summed E-state index contributed by atoms with van der Waals surface area (Å²) in [4.78, 5) is 31.0. The fourth-order valence-corrected chi connectivity index (χ4v) is 2.88. The van der Waals surface area contributed by atoms with Gasteiger partial charge in [0.05, 0.1) is 6.54 Å². The molecule has 1 aliphatic carbocycles. The second kappa shape index (κ2) is 5.13. The van der Waals surface area contributed by atoms with E-state index in [9.17, 15) is 9.59 Å². The topological polar surface area (TPSA) is 80.1 Å².